The van der Waals surface area contributed by atoms with Gasteiger partial charge in [0.15, 0.2) is 10.1 Å². The first-order valence-corrected chi connectivity index (χ1v) is 9.71. The molecule has 0 fully saturated rings. The van der Waals surface area contributed by atoms with Crippen molar-refractivity contribution in [3.05, 3.63) is 29.8 Å². The topological polar surface area (TPSA) is 84.0 Å². The molecule has 2 N–H and O–H groups in total. The molecule has 1 aromatic carbocycles. The van der Waals surface area contributed by atoms with Crippen LogP contribution in [0.15, 0.2) is 28.6 Å². The van der Waals surface area contributed by atoms with Crippen molar-refractivity contribution in [2.45, 2.75) is 37.3 Å². The van der Waals surface area contributed by atoms with Gasteiger partial charge >= 0.3 is 0 Å². The summed E-state index contributed by atoms with van der Waals surface area (Å²) in [6.07, 6.45) is 0. The van der Waals surface area contributed by atoms with E-state index >= 15 is 0 Å². The SMILES string of the molecule is CC(=O)c1ccccc1NC(=O)C(C)Sc1nnc(NCC(C)C)s1. The Hall–Kier alpha value is -1.93. The molecular weight excluding hydrogens is 356 g/mol. The van der Waals surface area contributed by atoms with Gasteiger partial charge in [0.1, 0.15) is 0 Å². The van der Waals surface area contributed by atoms with Crippen molar-refractivity contribution in [1.29, 1.82) is 0 Å². The van der Waals surface area contributed by atoms with Gasteiger partial charge in [0.25, 0.3) is 0 Å². The van der Waals surface area contributed by atoms with Gasteiger partial charge in [-0.2, -0.15) is 0 Å². The Kier molecular flexibility index (Phi) is 6.95. The van der Waals surface area contributed by atoms with Crippen LogP contribution < -0.4 is 10.6 Å². The average Bonchev–Trinajstić information content (AvgIpc) is 3.00. The number of carbonyl (C=O) groups excluding carboxylic acids is 2. The fourth-order valence-electron chi connectivity index (χ4n) is 1.96. The normalized spacial score (nSPS) is 12.0. The molecule has 0 aliphatic rings. The van der Waals surface area contributed by atoms with Crippen LogP contribution in [-0.2, 0) is 4.79 Å². The fourth-order valence-corrected chi connectivity index (χ4v) is 3.86. The lowest BCUT2D eigenvalue weighted by atomic mass is 10.1. The van der Waals surface area contributed by atoms with Crippen molar-refractivity contribution in [2.75, 3.05) is 17.2 Å². The lowest BCUT2D eigenvalue weighted by Gasteiger charge is -2.12. The van der Waals surface area contributed by atoms with Crippen LogP contribution in [0.1, 0.15) is 38.1 Å². The Bertz CT molecular complexity index is 746. The molecule has 2 aromatic rings. The number of para-hydroxylation sites is 1. The van der Waals surface area contributed by atoms with Gasteiger partial charge in [-0.05, 0) is 31.9 Å². The number of benzene rings is 1. The van der Waals surface area contributed by atoms with E-state index in [0.29, 0.717) is 17.2 Å². The van der Waals surface area contributed by atoms with Crippen LogP contribution in [0.5, 0.6) is 0 Å². The van der Waals surface area contributed by atoms with Gasteiger partial charge in [0, 0.05) is 12.1 Å². The molecule has 0 spiro atoms. The zero-order valence-electron chi connectivity index (χ0n) is 14.7. The maximum absolute atomic E-state index is 12.4. The molecule has 1 amide bonds. The summed E-state index contributed by atoms with van der Waals surface area (Å²) in [5.74, 6) is 0.262. The molecule has 8 heteroatoms. The van der Waals surface area contributed by atoms with Gasteiger partial charge < -0.3 is 10.6 Å². The van der Waals surface area contributed by atoms with Crippen LogP contribution in [0.4, 0.5) is 10.8 Å². The van der Waals surface area contributed by atoms with Gasteiger partial charge in [0.2, 0.25) is 11.0 Å². The third-order valence-corrected chi connectivity index (χ3v) is 5.34. The van der Waals surface area contributed by atoms with Crippen molar-refractivity contribution < 1.29 is 9.59 Å². The Balaban J connectivity index is 1.96. The molecule has 0 bridgehead atoms. The average molecular weight is 379 g/mol. The van der Waals surface area contributed by atoms with Crippen molar-refractivity contribution in [3.63, 3.8) is 0 Å². The second-order valence-electron chi connectivity index (χ2n) is 6.00. The summed E-state index contributed by atoms with van der Waals surface area (Å²) in [5, 5.41) is 14.6. The van der Waals surface area contributed by atoms with Crippen molar-refractivity contribution in [1.82, 2.24) is 10.2 Å². The minimum Gasteiger partial charge on any atom is -0.360 e. The van der Waals surface area contributed by atoms with Crippen molar-refractivity contribution >= 4 is 45.6 Å². The highest BCUT2D eigenvalue weighted by atomic mass is 32.2. The first kappa shape index (κ1) is 19.4. The highest BCUT2D eigenvalue weighted by molar-refractivity contribution is 8.02. The Morgan fingerprint density at radius 2 is 1.92 bits per heavy atom. The molecule has 25 heavy (non-hydrogen) atoms. The van der Waals surface area contributed by atoms with E-state index in [1.54, 1.807) is 31.2 Å². The zero-order chi connectivity index (χ0) is 18.4. The highest BCUT2D eigenvalue weighted by Gasteiger charge is 2.19. The van der Waals surface area contributed by atoms with Gasteiger partial charge in [-0.25, -0.2) is 0 Å². The number of ketones is 1. The molecule has 0 aliphatic heterocycles. The second kappa shape index (κ2) is 8.96. The summed E-state index contributed by atoms with van der Waals surface area (Å²) < 4.78 is 0.730. The van der Waals surface area contributed by atoms with E-state index in [0.717, 1.165) is 16.0 Å². The molecule has 1 atom stereocenters. The molecule has 6 nitrogen and oxygen atoms in total. The molecule has 0 radical (unpaired) electrons. The summed E-state index contributed by atoms with van der Waals surface area (Å²) in [4.78, 5) is 24.1. The molecule has 0 saturated carbocycles. The van der Waals surface area contributed by atoms with Crippen LogP contribution >= 0.6 is 23.1 Å². The largest absolute Gasteiger partial charge is 0.360 e. The molecular formula is C17H22N4O2S2. The number of anilines is 2. The summed E-state index contributed by atoms with van der Waals surface area (Å²) >= 11 is 2.78. The number of hydrogen-bond donors (Lipinski definition) is 2. The third-order valence-electron chi connectivity index (χ3n) is 3.28. The fraction of sp³-hybridized carbons (Fsp3) is 0.412. The summed E-state index contributed by atoms with van der Waals surface area (Å²) in [6.45, 7) is 8.36. The monoisotopic (exact) mass is 378 g/mol. The lowest BCUT2D eigenvalue weighted by molar-refractivity contribution is -0.115. The van der Waals surface area contributed by atoms with E-state index in [9.17, 15) is 9.59 Å². The number of amides is 1. The van der Waals surface area contributed by atoms with Crippen LogP contribution in [0.2, 0.25) is 0 Å². The number of aromatic nitrogens is 2. The van der Waals surface area contributed by atoms with Gasteiger partial charge in [-0.1, -0.05) is 49.1 Å². The molecule has 0 aliphatic carbocycles. The van der Waals surface area contributed by atoms with Crippen LogP contribution in [0.25, 0.3) is 0 Å². The summed E-state index contributed by atoms with van der Waals surface area (Å²) in [6, 6.07) is 6.99. The molecule has 2 rings (SSSR count). The Labute approximate surface area is 155 Å². The molecule has 1 heterocycles. The second-order valence-corrected chi connectivity index (χ2v) is 8.56. The quantitative estimate of drug-likeness (QED) is 0.535. The first-order chi connectivity index (χ1) is 11.9. The van der Waals surface area contributed by atoms with E-state index in [4.69, 9.17) is 0 Å². The van der Waals surface area contributed by atoms with E-state index in [2.05, 4.69) is 34.7 Å². The number of nitrogens with one attached hydrogen (secondary N) is 2. The predicted octanol–water partition coefficient (Wildman–Crippen LogP) is 3.93. The van der Waals surface area contributed by atoms with Crippen LogP contribution in [0.3, 0.4) is 0 Å². The van der Waals surface area contributed by atoms with E-state index < -0.39 is 0 Å². The molecule has 0 saturated heterocycles. The number of Topliss-reactive ketones (excluding diaryl/α,β-unsaturated/α-hetero) is 1. The Morgan fingerprint density at radius 1 is 1.20 bits per heavy atom. The minimum absolute atomic E-state index is 0.0822. The number of nitrogens with zero attached hydrogens (tertiary/aromatic N) is 2. The van der Waals surface area contributed by atoms with E-state index in [1.165, 1.54) is 30.0 Å². The highest BCUT2D eigenvalue weighted by Crippen LogP contribution is 2.29. The third kappa shape index (κ3) is 5.82. The first-order valence-electron chi connectivity index (χ1n) is 8.01. The smallest absolute Gasteiger partial charge is 0.237 e. The minimum atomic E-state index is -0.356. The predicted molar refractivity (Wildman–Crippen MR) is 104 cm³/mol. The Morgan fingerprint density at radius 3 is 2.60 bits per heavy atom. The molecule has 1 aromatic heterocycles. The van der Waals surface area contributed by atoms with Crippen molar-refractivity contribution in [3.8, 4) is 0 Å². The standard InChI is InChI=1S/C17H22N4O2S2/c1-10(2)9-18-16-20-21-17(25-16)24-12(4)15(23)19-14-8-6-5-7-13(14)11(3)22/h5-8,10,12H,9H2,1-4H3,(H,18,20)(H,19,23). The number of hydrogen-bond acceptors (Lipinski definition) is 7. The maximum atomic E-state index is 12.4. The molecule has 134 valence electrons. The maximum Gasteiger partial charge on any atom is 0.237 e. The van der Waals surface area contributed by atoms with Gasteiger partial charge in [-0.3, -0.25) is 9.59 Å². The van der Waals surface area contributed by atoms with E-state index in [1.807, 2.05) is 0 Å². The lowest BCUT2D eigenvalue weighted by Crippen LogP contribution is -2.23. The number of rotatable bonds is 8. The van der Waals surface area contributed by atoms with Crippen molar-refractivity contribution in [2.24, 2.45) is 5.92 Å². The van der Waals surface area contributed by atoms with Crippen LogP contribution in [0, 0.1) is 5.92 Å². The molecule has 1 unspecified atom stereocenters. The van der Waals surface area contributed by atoms with Gasteiger partial charge in [-0.15, -0.1) is 10.2 Å². The van der Waals surface area contributed by atoms with Gasteiger partial charge in [0.05, 0.1) is 10.9 Å². The van der Waals surface area contributed by atoms with Crippen LogP contribution in [-0.4, -0.2) is 33.7 Å². The number of thioether (sulfide) groups is 1. The van der Waals surface area contributed by atoms with E-state index in [-0.39, 0.29) is 16.9 Å². The zero-order valence-corrected chi connectivity index (χ0v) is 16.3. The summed E-state index contributed by atoms with van der Waals surface area (Å²) in [7, 11) is 0. The summed E-state index contributed by atoms with van der Waals surface area (Å²) in [5.41, 5.74) is 1.04. The number of carbonyl (C=O) groups is 2.